The number of halogens is 1. The molecule has 2 aromatic rings. The standard InChI is InChI=1S/C10H11ClN4O2S/c1-5-4-6-7(13-2-3-17-10(12)16)14-9(11)15-8(6)18-5/h4H,2-3H2,1H3,(H2,12,16)(H,13,14,15). The number of carbonyl (C=O) groups excluding carboxylic acids is 1. The van der Waals surface area contributed by atoms with Crippen molar-refractivity contribution in [2.75, 3.05) is 18.5 Å². The number of hydrogen-bond donors (Lipinski definition) is 2. The Balaban J connectivity index is 2.14. The number of nitrogens with one attached hydrogen (secondary N) is 1. The molecule has 8 heteroatoms. The van der Waals surface area contributed by atoms with Crippen molar-refractivity contribution in [3.8, 4) is 0 Å². The second-order valence-corrected chi connectivity index (χ2v) is 5.08. The molecule has 18 heavy (non-hydrogen) atoms. The van der Waals surface area contributed by atoms with E-state index in [1.54, 1.807) is 11.3 Å². The number of rotatable bonds is 4. The summed E-state index contributed by atoms with van der Waals surface area (Å²) in [7, 11) is 0. The zero-order valence-electron chi connectivity index (χ0n) is 9.57. The molecule has 0 unspecified atom stereocenters. The molecular weight excluding hydrogens is 276 g/mol. The van der Waals surface area contributed by atoms with Gasteiger partial charge in [-0.3, -0.25) is 0 Å². The summed E-state index contributed by atoms with van der Waals surface area (Å²) < 4.78 is 4.61. The molecule has 0 fully saturated rings. The molecule has 0 atom stereocenters. The Morgan fingerprint density at radius 3 is 3.11 bits per heavy atom. The maximum Gasteiger partial charge on any atom is 0.404 e. The zero-order chi connectivity index (χ0) is 13.1. The lowest BCUT2D eigenvalue weighted by Gasteiger charge is -2.06. The molecule has 0 aliphatic carbocycles. The van der Waals surface area contributed by atoms with Crippen LogP contribution in [0.2, 0.25) is 5.28 Å². The molecule has 0 aliphatic rings. The predicted octanol–water partition coefficient (Wildman–Crippen LogP) is 2.16. The molecule has 0 radical (unpaired) electrons. The first kappa shape index (κ1) is 12.8. The van der Waals surface area contributed by atoms with Gasteiger partial charge in [0.1, 0.15) is 17.3 Å². The van der Waals surface area contributed by atoms with E-state index in [0.29, 0.717) is 12.4 Å². The topological polar surface area (TPSA) is 90.1 Å². The van der Waals surface area contributed by atoms with Crippen molar-refractivity contribution in [2.24, 2.45) is 5.73 Å². The number of anilines is 1. The molecule has 0 saturated carbocycles. The second kappa shape index (κ2) is 5.36. The number of aryl methyl sites for hydroxylation is 1. The molecule has 0 aliphatic heterocycles. The van der Waals surface area contributed by atoms with Crippen molar-refractivity contribution in [3.05, 3.63) is 16.2 Å². The smallest absolute Gasteiger partial charge is 0.404 e. The number of primary amides is 1. The molecule has 1 amide bonds. The van der Waals surface area contributed by atoms with Gasteiger partial charge in [0.2, 0.25) is 5.28 Å². The summed E-state index contributed by atoms with van der Waals surface area (Å²) in [6.07, 6.45) is -0.797. The average molecular weight is 287 g/mol. The van der Waals surface area contributed by atoms with Crippen molar-refractivity contribution in [3.63, 3.8) is 0 Å². The van der Waals surface area contributed by atoms with E-state index in [2.05, 4.69) is 20.0 Å². The van der Waals surface area contributed by atoms with Crippen molar-refractivity contribution in [1.82, 2.24) is 9.97 Å². The van der Waals surface area contributed by atoms with Crippen LogP contribution in [0.5, 0.6) is 0 Å². The van der Waals surface area contributed by atoms with Crippen LogP contribution in [-0.2, 0) is 4.74 Å². The van der Waals surface area contributed by atoms with Gasteiger partial charge in [0, 0.05) is 4.88 Å². The number of fused-ring (bicyclic) bond motifs is 1. The highest BCUT2D eigenvalue weighted by molar-refractivity contribution is 7.18. The number of carbonyl (C=O) groups is 1. The molecule has 96 valence electrons. The Morgan fingerprint density at radius 1 is 1.61 bits per heavy atom. The summed E-state index contributed by atoms with van der Waals surface area (Å²) in [6, 6.07) is 1.98. The lowest BCUT2D eigenvalue weighted by molar-refractivity contribution is 0.161. The molecule has 0 spiro atoms. The minimum Gasteiger partial charge on any atom is -0.448 e. The van der Waals surface area contributed by atoms with Crippen LogP contribution in [-0.4, -0.2) is 29.2 Å². The van der Waals surface area contributed by atoms with E-state index in [4.69, 9.17) is 17.3 Å². The minimum absolute atomic E-state index is 0.168. The highest BCUT2D eigenvalue weighted by atomic mass is 35.5. The van der Waals surface area contributed by atoms with Crippen LogP contribution in [0.4, 0.5) is 10.6 Å². The highest BCUT2D eigenvalue weighted by Crippen LogP contribution is 2.29. The van der Waals surface area contributed by atoms with Gasteiger partial charge in [-0.2, -0.15) is 0 Å². The van der Waals surface area contributed by atoms with Gasteiger partial charge in [-0.25, -0.2) is 14.8 Å². The lowest BCUT2D eigenvalue weighted by Crippen LogP contribution is -2.18. The molecule has 2 aromatic heterocycles. The molecule has 0 aromatic carbocycles. The van der Waals surface area contributed by atoms with E-state index in [0.717, 1.165) is 15.1 Å². The Hall–Kier alpha value is -1.60. The maximum absolute atomic E-state index is 10.4. The Labute approximate surface area is 112 Å². The van der Waals surface area contributed by atoms with Gasteiger partial charge in [-0.1, -0.05) is 0 Å². The van der Waals surface area contributed by atoms with Crippen molar-refractivity contribution in [1.29, 1.82) is 0 Å². The number of nitrogens with two attached hydrogens (primary N) is 1. The normalized spacial score (nSPS) is 10.6. The third-order valence-electron chi connectivity index (χ3n) is 2.13. The quantitative estimate of drug-likeness (QED) is 0.664. The summed E-state index contributed by atoms with van der Waals surface area (Å²) in [5.74, 6) is 0.627. The zero-order valence-corrected chi connectivity index (χ0v) is 11.1. The summed E-state index contributed by atoms with van der Waals surface area (Å²) in [6.45, 7) is 2.56. The van der Waals surface area contributed by atoms with Gasteiger partial charge in [0.15, 0.2) is 0 Å². The number of nitrogens with zero attached hydrogens (tertiary/aromatic N) is 2. The fourth-order valence-corrected chi connectivity index (χ4v) is 2.57. The number of amides is 1. The molecular formula is C10H11ClN4O2S. The largest absolute Gasteiger partial charge is 0.448 e. The van der Waals surface area contributed by atoms with Crippen molar-refractivity contribution in [2.45, 2.75) is 6.92 Å². The van der Waals surface area contributed by atoms with Gasteiger partial charge in [0.05, 0.1) is 11.9 Å². The van der Waals surface area contributed by atoms with E-state index < -0.39 is 6.09 Å². The van der Waals surface area contributed by atoms with Crippen molar-refractivity contribution < 1.29 is 9.53 Å². The first-order valence-electron chi connectivity index (χ1n) is 5.16. The van der Waals surface area contributed by atoms with E-state index in [9.17, 15) is 4.79 Å². The summed E-state index contributed by atoms with van der Waals surface area (Å²) >= 11 is 7.38. The highest BCUT2D eigenvalue weighted by Gasteiger charge is 2.09. The molecule has 6 nitrogen and oxygen atoms in total. The third-order valence-corrected chi connectivity index (χ3v) is 3.24. The Morgan fingerprint density at radius 2 is 2.39 bits per heavy atom. The third kappa shape index (κ3) is 2.99. The molecule has 2 heterocycles. The van der Waals surface area contributed by atoms with Crippen LogP contribution in [0, 0.1) is 6.92 Å². The molecule has 0 bridgehead atoms. The summed E-state index contributed by atoms with van der Waals surface area (Å²) in [4.78, 5) is 20.6. The molecule has 0 saturated heterocycles. The summed E-state index contributed by atoms with van der Waals surface area (Å²) in [5, 5.41) is 4.12. The van der Waals surface area contributed by atoms with E-state index in [-0.39, 0.29) is 11.9 Å². The Bertz CT molecular complexity index is 587. The van der Waals surface area contributed by atoms with Gasteiger partial charge in [0.25, 0.3) is 0 Å². The second-order valence-electron chi connectivity index (χ2n) is 3.51. The number of ether oxygens (including phenoxy) is 1. The van der Waals surface area contributed by atoms with Crippen LogP contribution >= 0.6 is 22.9 Å². The van der Waals surface area contributed by atoms with Gasteiger partial charge >= 0.3 is 6.09 Å². The van der Waals surface area contributed by atoms with E-state index in [1.165, 1.54) is 0 Å². The van der Waals surface area contributed by atoms with Crippen molar-refractivity contribution >= 4 is 45.1 Å². The van der Waals surface area contributed by atoms with Gasteiger partial charge in [-0.15, -0.1) is 11.3 Å². The first-order chi connectivity index (χ1) is 8.56. The Kier molecular flexibility index (Phi) is 3.83. The fourth-order valence-electron chi connectivity index (χ4n) is 1.47. The average Bonchev–Trinajstić information content (AvgIpc) is 2.64. The molecule has 3 N–H and O–H groups in total. The number of aromatic nitrogens is 2. The fraction of sp³-hybridized carbons (Fsp3) is 0.300. The number of thiophene rings is 1. The van der Waals surface area contributed by atoms with Crippen LogP contribution in [0.15, 0.2) is 6.07 Å². The predicted molar refractivity (Wildman–Crippen MR) is 71.2 cm³/mol. The first-order valence-corrected chi connectivity index (χ1v) is 6.35. The van der Waals surface area contributed by atoms with Crippen LogP contribution in [0.1, 0.15) is 4.88 Å². The monoisotopic (exact) mass is 286 g/mol. The van der Waals surface area contributed by atoms with E-state index >= 15 is 0 Å². The van der Waals surface area contributed by atoms with Crippen LogP contribution in [0.25, 0.3) is 10.2 Å². The lowest BCUT2D eigenvalue weighted by atomic mass is 10.3. The molecule has 2 rings (SSSR count). The van der Waals surface area contributed by atoms with Gasteiger partial charge < -0.3 is 15.8 Å². The van der Waals surface area contributed by atoms with Crippen LogP contribution in [0.3, 0.4) is 0 Å². The van der Waals surface area contributed by atoms with E-state index in [1.807, 2.05) is 13.0 Å². The van der Waals surface area contributed by atoms with Gasteiger partial charge in [-0.05, 0) is 24.6 Å². The SMILES string of the molecule is Cc1cc2c(NCCOC(N)=O)nc(Cl)nc2s1. The minimum atomic E-state index is -0.797. The maximum atomic E-state index is 10.4. The number of hydrogen-bond acceptors (Lipinski definition) is 6. The summed E-state index contributed by atoms with van der Waals surface area (Å²) in [5.41, 5.74) is 4.86. The van der Waals surface area contributed by atoms with Crippen LogP contribution < -0.4 is 11.1 Å².